The third-order valence-electron chi connectivity index (χ3n) is 2.72. The second kappa shape index (κ2) is 5.78. The minimum Gasteiger partial charge on any atom is -0.380 e. The molecule has 0 aliphatic carbocycles. The minimum atomic E-state index is -0.638. The first kappa shape index (κ1) is 14.4. The van der Waals surface area contributed by atoms with Crippen LogP contribution in [0.3, 0.4) is 0 Å². The summed E-state index contributed by atoms with van der Waals surface area (Å²) >= 11 is 0. The number of Topliss-reactive ketones (excluding diaryl/α,β-unsaturated/α-hetero) is 1. The number of hydrogen-bond acceptors (Lipinski definition) is 5. The van der Waals surface area contributed by atoms with Crippen LogP contribution in [0.2, 0.25) is 0 Å². The SMILES string of the molecule is C/C(=C(/C#N)C(=O)c1ccccc1[N+](=O)[O-])N(C)C. The summed E-state index contributed by atoms with van der Waals surface area (Å²) in [5, 5.41) is 20.0. The van der Waals surface area contributed by atoms with E-state index in [2.05, 4.69) is 0 Å². The monoisotopic (exact) mass is 259 g/mol. The van der Waals surface area contributed by atoms with Crippen molar-refractivity contribution in [3.8, 4) is 6.07 Å². The highest BCUT2D eigenvalue weighted by atomic mass is 16.6. The van der Waals surface area contributed by atoms with Crippen LogP contribution in [0.4, 0.5) is 5.69 Å². The van der Waals surface area contributed by atoms with Gasteiger partial charge in [-0.15, -0.1) is 0 Å². The number of carbonyl (C=O) groups excluding carboxylic acids is 1. The largest absolute Gasteiger partial charge is 0.380 e. The Hall–Kier alpha value is -2.68. The maximum absolute atomic E-state index is 12.2. The molecule has 1 rings (SSSR count). The Kier molecular flexibility index (Phi) is 4.37. The van der Waals surface area contributed by atoms with E-state index >= 15 is 0 Å². The van der Waals surface area contributed by atoms with Crippen LogP contribution in [0.15, 0.2) is 35.5 Å². The van der Waals surface area contributed by atoms with Gasteiger partial charge in [-0.2, -0.15) is 5.26 Å². The minimum absolute atomic E-state index is 0.0785. The van der Waals surface area contributed by atoms with Crippen LogP contribution in [0.5, 0.6) is 0 Å². The van der Waals surface area contributed by atoms with Crippen LogP contribution in [-0.4, -0.2) is 29.7 Å². The molecule has 6 nitrogen and oxygen atoms in total. The van der Waals surface area contributed by atoms with E-state index in [1.54, 1.807) is 25.9 Å². The number of nitrogens with zero attached hydrogens (tertiary/aromatic N) is 3. The normalized spacial score (nSPS) is 11.3. The molecule has 0 saturated heterocycles. The summed E-state index contributed by atoms with van der Waals surface area (Å²) < 4.78 is 0. The summed E-state index contributed by atoms with van der Waals surface area (Å²) in [4.78, 5) is 24.1. The van der Waals surface area contributed by atoms with Crippen molar-refractivity contribution >= 4 is 11.5 Å². The molecule has 1 aromatic rings. The van der Waals surface area contributed by atoms with E-state index in [0.29, 0.717) is 5.70 Å². The standard InChI is InChI=1S/C13H13N3O3/c1-9(15(2)3)11(8-14)13(17)10-6-4-5-7-12(10)16(18)19/h4-7H,1-3H3/b11-9+. The Morgan fingerprint density at radius 2 is 1.95 bits per heavy atom. The molecule has 0 atom stereocenters. The van der Waals surface area contributed by atoms with Gasteiger partial charge in [-0.25, -0.2) is 0 Å². The average Bonchev–Trinajstić information content (AvgIpc) is 2.39. The lowest BCUT2D eigenvalue weighted by molar-refractivity contribution is -0.385. The smallest absolute Gasteiger partial charge is 0.280 e. The van der Waals surface area contributed by atoms with Crippen LogP contribution in [-0.2, 0) is 0 Å². The lowest BCUT2D eigenvalue weighted by atomic mass is 10.0. The fourth-order valence-corrected chi connectivity index (χ4v) is 1.48. The topological polar surface area (TPSA) is 87.2 Å². The number of para-hydroxylation sites is 1. The zero-order valence-corrected chi connectivity index (χ0v) is 10.9. The van der Waals surface area contributed by atoms with Crippen LogP contribution in [0.1, 0.15) is 17.3 Å². The Morgan fingerprint density at radius 1 is 1.37 bits per heavy atom. The number of benzene rings is 1. The number of ketones is 1. The van der Waals surface area contributed by atoms with Gasteiger partial charge < -0.3 is 4.90 Å². The van der Waals surface area contributed by atoms with E-state index in [9.17, 15) is 14.9 Å². The Labute approximate surface area is 110 Å². The van der Waals surface area contributed by atoms with Gasteiger partial charge in [-0.05, 0) is 13.0 Å². The van der Waals surface area contributed by atoms with Crippen LogP contribution in [0, 0.1) is 21.4 Å². The third-order valence-corrected chi connectivity index (χ3v) is 2.72. The molecule has 6 heteroatoms. The summed E-state index contributed by atoms with van der Waals surface area (Å²) in [6.07, 6.45) is 0. The number of nitro benzene ring substituents is 1. The van der Waals surface area contributed by atoms with E-state index in [1.807, 2.05) is 6.07 Å². The molecular formula is C13H13N3O3. The summed E-state index contributed by atoms with van der Waals surface area (Å²) in [5.41, 5.74) is -0.0120. The molecule has 19 heavy (non-hydrogen) atoms. The van der Waals surface area contributed by atoms with Crippen molar-refractivity contribution in [2.45, 2.75) is 6.92 Å². The number of hydrogen-bond donors (Lipinski definition) is 0. The fourth-order valence-electron chi connectivity index (χ4n) is 1.48. The van der Waals surface area contributed by atoms with Gasteiger partial charge in [-0.1, -0.05) is 12.1 Å². The van der Waals surface area contributed by atoms with Crippen molar-refractivity contribution < 1.29 is 9.72 Å². The number of nitro groups is 1. The molecule has 0 bridgehead atoms. The van der Waals surface area contributed by atoms with Gasteiger partial charge in [-0.3, -0.25) is 14.9 Å². The quantitative estimate of drug-likeness (QED) is 0.272. The van der Waals surface area contributed by atoms with Crippen molar-refractivity contribution in [1.82, 2.24) is 4.90 Å². The number of nitriles is 1. The molecule has 0 radical (unpaired) electrons. The van der Waals surface area contributed by atoms with E-state index in [-0.39, 0.29) is 16.8 Å². The maximum atomic E-state index is 12.2. The van der Waals surface area contributed by atoms with Crippen molar-refractivity contribution in [2.24, 2.45) is 0 Å². The highest BCUT2D eigenvalue weighted by molar-refractivity contribution is 6.13. The molecule has 0 aromatic heterocycles. The Morgan fingerprint density at radius 3 is 2.42 bits per heavy atom. The van der Waals surface area contributed by atoms with Crippen LogP contribution < -0.4 is 0 Å². The van der Waals surface area contributed by atoms with E-state index < -0.39 is 10.7 Å². The van der Waals surface area contributed by atoms with Crippen LogP contribution >= 0.6 is 0 Å². The van der Waals surface area contributed by atoms with E-state index in [4.69, 9.17) is 5.26 Å². The first-order chi connectivity index (χ1) is 8.90. The molecular weight excluding hydrogens is 246 g/mol. The summed E-state index contributed by atoms with van der Waals surface area (Å²) in [6, 6.07) is 7.41. The number of carbonyl (C=O) groups is 1. The van der Waals surface area contributed by atoms with Gasteiger partial charge in [0.1, 0.15) is 17.2 Å². The fraction of sp³-hybridized carbons (Fsp3) is 0.231. The van der Waals surface area contributed by atoms with Gasteiger partial charge in [0.05, 0.1) is 4.92 Å². The molecule has 0 spiro atoms. The highest BCUT2D eigenvalue weighted by Gasteiger charge is 2.24. The lowest BCUT2D eigenvalue weighted by Gasteiger charge is -2.14. The molecule has 0 fully saturated rings. The second-order valence-electron chi connectivity index (χ2n) is 4.07. The van der Waals surface area contributed by atoms with Gasteiger partial charge in [0.25, 0.3) is 5.69 Å². The average molecular weight is 259 g/mol. The van der Waals surface area contributed by atoms with E-state index in [0.717, 1.165) is 0 Å². The summed E-state index contributed by atoms with van der Waals surface area (Å²) in [7, 11) is 3.39. The predicted molar refractivity (Wildman–Crippen MR) is 69.4 cm³/mol. The molecule has 0 N–H and O–H groups in total. The van der Waals surface area contributed by atoms with Gasteiger partial charge in [0.15, 0.2) is 0 Å². The highest BCUT2D eigenvalue weighted by Crippen LogP contribution is 2.22. The summed E-state index contributed by atoms with van der Waals surface area (Å²) in [5.74, 6) is -0.638. The first-order valence-electron chi connectivity index (χ1n) is 5.46. The number of rotatable bonds is 4. The van der Waals surface area contributed by atoms with Crippen molar-refractivity contribution in [1.29, 1.82) is 5.26 Å². The van der Waals surface area contributed by atoms with Crippen LogP contribution in [0.25, 0.3) is 0 Å². The Bertz CT molecular complexity index is 597. The van der Waals surface area contributed by atoms with Crippen molar-refractivity contribution in [3.05, 3.63) is 51.2 Å². The molecule has 0 aliphatic heterocycles. The molecule has 0 aliphatic rings. The molecule has 0 amide bonds. The van der Waals surface area contributed by atoms with Crippen molar-refractivity contribution in [3.63, 3.8) is 0 Å². The Balaban J connectivity index is 3.40. The molecule has 1 aromatic carbocycles. The maximum Gasteiger partial charge on any atom is 0.280 e. The molecule has 0 saturated carbocycles. The number of allylic oxidation sites excluding steroid dienone is 2. The molecule has 0 heterocycles. The first-order valence-corrected chi connectivity index (χ1v) is 5.46. The van der Waals surface area contributed by atoms with Gasteiger partial charge >= 0.3 is 0 Å². The zero-order valence-electron chi connectivity index (χ0n) is 10.9. The third kappa shape index (κ3) is 2.96. The summed E-state index contributed by atoms with van der Waals surface area (Å²) in [6.45, 7) is 1.62. The van der Waals surface area contributed by atoms with Gasteiger partial charge in [0, 0.05) is 25.9 Å². The van der Waals surface area contributed by atoms with Gasteiger partial charge in [0.2, 0.25) is 5.78 Å². The second-order valence-corrected chi connectivity index (χ2v) is 4.07. The van der Waals surface area contributed by atoms with Crippen molar-refractivity contribution in [2.75, 3.05) is 14.1 Å². The predicted octanol–water partition coefficient (Wildman–Crippen LogP) is 2.14. The lowest BCUT2D eigenvalue weighted by Crippen LogP contribution is -2.15. The molecule has 98 valence electrons. The zero-order chi connectivity index (χ0) is 14.6. The van der Waals surface area contributed by atoms with E-state index in [1.165, 1.54) is 24.3 Å². The molecule has 0 unspecified atom stereocenters.